The predicted octanol–water partition coefficient (Wildman–Crippen LogP) is 6.16. The molecular weight excluding hydrogens is 446 g/mol. The van der Waals surface area contributed by atoms with Crippen LogP contribution < -0.4 is 14.2 Å². The number of aryl methyl sites for hydroxylation is 1. The zero-order valence-corrected chi connectivity index (χ0v) is 19.7. The Bertz CT molecular complexity index is 1170. The van der Waals surface area contributed by atoms with Crippen LogP contribution in [0.3, 0.4) is 0 Å². The van der Waals surface area contributed by atoms with Gasteiger partial charge in [-0.1, -0.05) is 35.4 Å². The van der Waals surface area contributed by atoms with E-state index in [0.29, 0.717) is 35.9 Å². The van der Waals surface area contributed by atoms with Gasteiger partial charge in [-0.25, -0.2) is 0 Å². The van der Waals surface area contributed by atoms with E-state index >= 15 is 0 Å². The number of anilines is 1. The minimum absolute atomic E-state index is 0.0130. The van der Waals surface area contributed by atoms with Gasteiger partial charge in [-0.3, -0.25) is 0 Å². The molecule has 168 valence electrons. The van der Waals surface area contributed by atoms with Crippen LogP contribution in [0.5, 0.6) is 11.5 Å². The Kier molecular flexibility index (Phi) is 7.83. The average Bonchev–Trinajstić information content (AvgIpc) is 2.76. The summed E-state index contributed by atoms with van der Waals surface area (Å²) in [5.74, 6) is 0.533. The van der Waals surface area contributed by atoms with E-state index in [1.807, 2.05) is 44.2 Å². The molecule has 1 N–H and O–H groups in total. The Morgan fingerprint density at radius 2 is 1.75 bits per heavy atom. The maximum Gasteiger partial charge on any atom is 0.339 e. The highest BCUT2D eigenvalue weighted by molar-refractivity contribution is 7.87. The fourth-order valence-electron chi connectivity index (χ4n) is 3.12. The summed E-state index contributed by atoms with van der Waals surface area (Å²) in [6, 6.07) is 17.6. The van der Waals surface area contributed by atoms with Gasteiger partial charge >= 0.3 is 10.1 Å². The van der Waals surface area contributed by atoms with Crippen LogP contribution in [0.25, 0.3) is 0 Å². The van der Waals surface area contributed by atoms with Gasteiger partial charge in [0.25, 0.3) is 0 Å². The lowest BCUT2D eigenvalue weighted by atomic mass is 10.1. The van der Waals surface area contributed by atoms with Gasteiger partial charge in [-0.05, 0) is 74.4 Å². The standard InChI is InChI=1S/C25H26ClNO4S/c1-4-6-20-15-19(17-27-22-11-7-18(3)8-12-22)16-24(30-5-2)25(20)31-32(28,29)23-13-9-21(26)10-14-23/h4,7-16,27H,1,5-6,17H2,2-3H3. The first-order valence-electron chi connectivity index (χ1n) is 10.2. The quantitative estimate of drug-likeness (QED) is 0.283. The summed E-state index contributed by atoms with van der Waals surface area (Å²) in [7, 11) is -4.07. The highest BCUT2D eigenvalue weighted by Crippen LogP contribution is 2.36. The summed E-state index contributed by atoms with van der Waals surface area (Å²) >= 11 is 5.88. The molecule has 3 rings (SSSR count). The van der Waals surface area contributed by atoms with Crippen molar-refractivity contribution in [1.29, 1.82) is 0 Å². The lowest BCUT2D eigenvalue weighted by Gasteiger charge is -2.18. The van der Waals surface area contributed by atoms with Crippen molar-refractivity contribution in [3.63, 3.8) is 0 Å². The summed E-state index contributed by atoms with van der Waals surface area (Å²) in [6.07, 6.45) is 2.12. The van der Waals surface area contributed by atoms with Crippen molar-refractivity contribution in [1.82, 2.24) is 0 Å². The van der Waals surface area contributed by atoms with Gasteiger partial charge in [0, 0.05) is 22.8 Å². The minimum Gasteiger partial charge on any atom is -0.490 e. The van der Waals surface area contributed by atoms with Crippen LogP contribution >= 0.6 is 11.6 Å². The number of halogens is 1. The molecule has 0 fully saturated rings. The Labute approximate surface area is 194 Å². The molecule has 0 aliphatic rings. The minimum atomic E-state index is -4.07. The summed E-state index contributed by atoms with van der Waals surface area (Å²) in [5.41, 5.74) is 3.78. The Hall–Kier alpha value is -2.96. The van der Waals surface area contributed by atoms with Gasteiger partial charge in [0.1, 0.15) is 4.90 Å². The first-order chi connectivity index (χ1) is 15.3. The van der Waals surface area contributed by atoms with Crippen LogP contribution in [0.4, 0.5) is 5.69 Å². The zero-order valence-electron chi connectivity index (χ0n) is 18.1. The number of ether oxygens (including phenoxy) is 1. The van der Waals surface area contributed by atoms with Crippen LogP contribution in [0.2, 0.25) is 5.02 Å². The summed E-state index contributed by atoms with van der Waals surface area (Å²) in [5, 5.41) is 3.81. The van der Waals surface area contributed by atoms with Crippen LogP contribution in [0.1, 0.15) is 23.6 Å². The van der Waals surface area contributed by atoms with Crippen molar-refractivity contribution in [2.45, 2.75) is 31.7 Å². The van der Waals surface area contributed by atoms with E-state index in [2.05, 4.69) is 11.9 Å². The van der Waals surface area contributed by atoms with E-state index in [-0.39, 0.29) is 10.6 Å². The van der Waals surface area contributed by atoms with Gasteiger partial charge < -0.3 is 14.2 Å². The van der Waals surface area contributed by atoms with E-state index in [1.165, 1.54) is 29.8 Å². The predicted molar refractivity (Wildman–Crippen MR) is 129 cm³/mol. The molecule has 5 nitrogen and oxygen atoms in total. The second-order valence-corrected chi connectivity index (χ2v) is 9.20. The van der Waals surface area contributed by atoms with Gasteiger partial charge in [0.2, 0.25) is 0 Å². The molecule has 0 saturated heterocycles. The maximum absolute atomic E-state index is 12.9. The number of hydrogen-bond donors (Lipinski definition) is 1. The SMILES string of the molecule is C=CCc1cc(CNc2ccc(C)cc2)cc(OCC)c1OS(=O)(=O)c1ccc(Cl)cc1. The zero-order chi connectivity index (χ0) is 23.1. The largest absolute Gasteiger partial charge is 0.490 e. The van der Waals surface area contributed by atoms with Gasteiger partial charge in [0.05, 0.1) is 6.61 Å². The second kappa shape index (κ2) is 10.6. The lowest BCUT2D eigenvalue weighted by molar-refractivity contribution is 0.326. The topological polar surface area (TPSA) is 64.6 Å². The third-order valence-electron chi connectivity index (χ3n) is 4.70. The lowest BCUT2D eigenvalue weighted by Crippen LogP contribution is -2.13. The van der Waals surface area contributed by atoms with E-state index in [0.717, 1.165) is 11.3 Å². The monoisotopic (exact) mass is 471 g/mol. The van der Waals surface area contributed by atoms with Crippen molar-refractivity contribution in [3.05, 3.63) is 95.0 Å². The molecule has 0 heterocycles. The molecule has 0 radical (unpaired) electrons. The molecule has 0 aliphatic heterocycles. The van der Waals surface area contributed by atoms with Crippen molar-refractivity contribution >= 4 is 27.4 Å². The van der Waals surface area contributed by atoms with E-state index in [4.69, 9.17) is 20.5 Å². The molecule has 7 heteroatoms. The fraction of sp³-hybridized carbons (Fsp3) is 0.200. The normalized spacial score (nSPS) is 11.1. The van der Waals surface area contributed by atoms with Crippen LogP contribution in [0.15, 0.2) is 78.2 Å². The summed E-state index contributed by atoms with van der Waals surface area (Å²) < 4.78 is 37.1. The van der Waals surface area contributed by atoms with Crippen LogP contribution in [-0.2, 0) is 23.1 Å². The van der Waals surface area contributed by atoms with Gasteiger partial charge in [-0.15, -0.1) is 6.58 Å². The summed E-state index contributed by atoms with van der Waals surface area (Å²) in [6.45, 7) is 8.57. The second-order valence-electron chi connectivity index (χ2n) is 7.22. The summed E-state index contributed by atoms with van der Waals surface area (Å²) in [4.78, 5) is 0.0130. The third kappa shape index (κ3) is 6.05. The highest BCUT2D eigenvalue weighted by Gasteiger charge is 2.22. The number of hydrogen-bond acceptors (Lipinski definition) is 5. The molecule has 3 aromatic rings. The van der Waals surface area contributed by atoms with Crippen LogP contribution in [0, 0.1) is 6.92 Å². The van der Waals surface area contributed by atoms with E-state index in [9.17, 15) is 8.42 Å². The molecule has 3 aromatic carbocycles. The van der Waals surface area contributed by atoms with E-state index in [1.54, 1.807) is 12.1 Å². The molecule has 0 spiro atoms. The van der Waals surface area contributed by atoms with Crippen molar-refractivity contribution in [3.8, 4) is 11.5 Å². The van der Waals surface area contributed by atoms with Crippen molar-refractivity contribution in [2.24, 2.45) is 0 Å². The smallest absolute Gasteiger partial charge is 0.339 e. The Balaban J connectivity index is 1.94. The van der Waals surface area contributed by atoms with Gasteiger partial charge in [-0.2, -0.15) is 8.42 Å². The molecule has 0 amide bonds. The number of benzene rings is 3. The molecule has 0 bridgehead atoms. The Morgan fingerprint density at radius 3 is 2.38 bits per heavy atom. The van der Waals surface area contributed by atoms with Crippen molar-refractivity contribution < 1.29 is 17.3 Å². The maximum atomic E-state index is 12.9. The van der Waals surface area contributed by atoms with E-state index < -0.39 is 10.1 Å². The highest BCUT2D eigenvalue weighted by atomic mass is 35.5. The first kappa shape index (κ1) is 23.7. The molecule has 0 aromatic heterocycles. The molecule has 32 heavy (non-hydrogen) atoms. The molecule has 0 aliphatic carbocycles. The molecular formula is C25H26ClNO4S. The number of allylic oxidation sites excluding steroid dienone is 1. The first-order valence-corrected chi connectivity index (χ1v) is 12.0. The number of nitrogens with one attached hydrogen (secondary N) is 1. The third-order valence-corrected chi connectivity index (χ3v) is 6.19. The molecule has 0 saturated carbocycles. The van der Waals surface area contributed by atoms with Gasteiger partial charge in [0.15, 0.2) is 11.5 Å². The average molecular weight is 472 g/mol. The van der Waals surface area contributed by atoms with Crippen molar-refractivity contribution in [2.75, 3.05) is 11.9 Å². The Morgan fingerprint density at radius 1 is 1.06 bits per heavy atom. The molecule has 0 atom stereocenters. The molecule has 0 unspecified atom stereocenters. The fourth-order valence-corrected chi connectivity index (χ4v) is 4.22. The van der Waals surface area contributed by atoms with Crippen LogP contribution in [-0.4, -0.2) is 15.0 Å². The number of rotatable bonds is 10.